The lowest BCUT2D eigenvalue weighted by atomic mass is 9.87. The molecule has 2 aliphatic heterocycles. The summed E-state index contributed by atoms with van der Waals surface area (Å²) in [7, 11) is 0. The molecule has 4 heteroatoms. The van der Waals surface area contributed by atoms with Crippen molar-refractivity contribution in [1.82, 2.24) is 10.6 Å². The van der Waals surface area contributed by atoms with E-state index in [2.05, 4.69) is 17.6 Å². The highest BCUT2D eigenvalue weighted by atomic mass is 16.5. The molecule has 2 fully saturated rings. The molecule has 0 aromatic carbocycles. The van der Waals surface area contributed by atoms with Crippen LogP contribution in [0.15, 0.2) is 0 Å². The van der Waals surface area contributed by atoms with Crippen LogP contribution in [0.3, 0.4) is 0 Å². The standard InChI is InChI=1S/C13H24N2O2/c1-10-7-14-5-4-11(10)8-15-13(16)12-3-2-6-17-9-12/h10-12,14H,2-9H2,1H3,(H,15,16). The van der Waals surface area contributed by atoms with Gasteiger partial charge in [0.05, 0.1) is 12.5 Å². The van der Waals surface area contributed by atoms with Gasteiger partial charge in [0.1, 0.15) is 0 Å². The Balaban J connectivity index is 1.71. The number of nitrogens with one attached hydrogen (secondary N) is 2. The lowest BCUT2D eigenvalue weighted by molar-refractivity contribution is -0.129. The van der Waals surface area contributed by atoms with Gasteiger partial charge in [0.25, 0.3) is 0 Å². The normalized spacial score (nSPS) is 34.3. The molecule has 98 valence electrons. The second-order valence-electron chi connectivity index (χ2n) is 5.39. The maximum absolute atomic E-state index is 11.9. The number of piperidine rings is 1. The molecule has 0 spiro atoms. The maximum atomic E-state index is 11.9. The number of carbonyl (C=O) groups is 1. The van der Waals surface area contributed by atoms with E-state index in [-0.39, 0.29) is 11.8 Å². The first-order valence-electron chi connectivity index (χ1n) is 6.83. The third-order valence-electron chi connectivity index (χ3n) is 4.03. The first-order chi connectivity index (χ1) is 8.27. The number of carbonyl (C=O) groups excluding carboxylic acids is 1. The summed E-state index contributed by atoms with van der Waals surface area (Å²) in [6.45, 7) is 6.66. The molecule has 2 rings (SSSR count). The monoisotopic (exact) mass is 240 g/mol. The molecule has 2 heterocycles. The smallest absolute Gasteiger partial charge is 0.225 e. The summed E-state index contributed by atoms with van der Waals surface area (Å²) in [6, 6.07) is 0. The van der Waals surface area contributed by atoms with Gasteiger partial charge in [-0.15, -0.1) is 0 Å². The maximum Gasteiger partial charge on any atom is 0.225 e. The van der Waals surface area contributed by atoms with E-state index in [0.717, 1.165) is 39.1 Å². The second kappa shape index (κ2) is 6.36. The molecule has 3 atom stereocenters. The molecule has 0 saturated carbocycles. The molecule has 0 aromatic rings. The topological polar surface area (TPSA) is 50.4 Å². The van der Waals surface area contributed by atoms with Crippen molar-refractivity contribution in [3.05, 3.63) is 0 Å². The zero-order valence-corrected chi connectivity index (χ0v) is 10.7. The summed E-state index contributed by atoms with van der Waals surface area (Å²) < 4.78 is 5.35. The summed E-state index contributed by atoms with van der Waals surface area (Å²) >= 11 is 0. The predicted molar refractivity (Wildman–Crippen MR) is 66.7 cm³/mol. The van der Waals surface area contributed by atoms with Crippen molar-refractivity contribution < 1.29 is 9.53 Å². The van der Waals surface area contributed by atoms with E-state index in [1.165, 1.54) is 6.42 Å². The Kier molecular flexibility index (Phi) is 4.80. The SMILES string of the molecule is CC1CNCCC1CNC(=O)C1CCCOC1. The van der Waals surface area contributed by atoms with E-state index in [4.69, 9.17) is 4.74 Å². The molecule has 2 N–H and O–H groups in total. The van der Waals surface area contributed by atoms with Gasteiger partial charge in [-0.25, -0.2) is 0 Å². The van der Waals surface area contributed by atoms with Crippen molar-refractivity contribution in [2.75, 3.05) is 32.8 Å². The molecule has 0 bridgehead atoms. The summed E-state index contributed by atoms with van der Waals surface area (Å²) in [6.07, 6.45) is 3.16. The molecule has 2 saturated heterocycles. The van der Waals surface area contributed by atoms with Crippen LogP contribution in [0, 0.1) is 17.8 Å². The van der Waals surface area contributed by atoms with Crippen LogP contribution in [0.25, 0.3) is 0 Å². The van der Waals surface area contributed by atoms with Gasteiger partial charge in [-0.2, -0.15) is 0 Å². The van der Waals surface area contributed by atoms with Gasteiger partial charge in [0.15, 0.2) is 0 Å². The molecule has 0 aliphatic carbocycles. The van der Waals surface area contributed by atoms with Gasteiger partial charge in [-0.3, -0.25) is 4.79 Å². The van der Waals surface area contributed by atoms with Crippen LogP contribution in [0.4, 0.5) is 0 Å². The van der Waals surface area contributed by atoms with Crippen LogP contribution in [0.1, 0.15) is 26.2 Å². The first-order valence-corrected chi connectivity index (χ1v) is 6.83. The molecule has 4 nitrogen and oxygen atoms in total. The Bertz CT molecular complexity index is 252. The largest absolute Gasteiger partial charge is 0.381 e. The van der Waals surface area contributed by atoms with Crippen molar-refractivity contribution in [1.29, 1.82) is 0 Å². The molecular weight excluding hydrogens is 216 g/mol. The van der Waals surface area contributed by atoms with E-state index < -0.39 is 0 Å². The molecule has 17 heavy (non-hydrogen) atoms. The second-order valence-corrected chi connectivity index (χ2v) is 5.39. The Labute approximate surface area is 103 Å². The fourth-order valence-corrected chi connectivity index (χ4v) is 2.70. The number of hydrogen-bond acceptors (Lipinski definition) is 3. The third kappa shape index (κ3) is 3.68. The van der Waals surface area contributed by atoms with Crippen molar-refractivity contribution in [2.45, 2.75) is 26.2 Å². The van der Waals surface area contributed by atoms with Gasteiger partial charge >= 0.3 is 0 Å². The molecule has 2 aliphatic rings. The van der Waals surface area contributed by atoms with E-state index in [1.54, 1.807) is 0 Å². The molecule has 0 aromatic heterocycles. The Morgan fingerprint density at radius 3 is 3.06 bits per heavy atom. The van der Waals surface area contributed by atoms with Gasteiger partial charge in [0.2, 0.25) is 5.91 Å². The van der Waals surface area contributed by atoms with Crippen molar-refractivity contribution in [3.63, 3.8) is 0 Å². The number of rotatable bonds is 3. The van der Waals surface area contributed by atoms with Crippen LogP contribution in [-0.4, -0.2) is 38.8 Å². The summed E-state index contributed by atoms with van der Waals surface area (Å²) in [5.74, 6) is 1.56. The number of hydrogen-bond donors (Lipinski definition) is 2. The molecule has 3 unspecified atom stereocenters. The minimum Gasteiger partial charge on any atom is -0.381 e. The van der Waals surface area contributed by atoms with E-state index in [0.29, 0.717) is 18.4 Å². The lowest BCUT2D eigenvalue weighted by Gasteiger charge is -2.30. The Hall–Kier alpha value is -0.610. The van der Waals surface area contributed by atoms with Crippen molar-refractivity contribution in [2.24, 2.45) is 17.8 Å². The van der Waals surface area contributed by atoms with E-state index >= 15 is 0 Å². The summed E-state index contributed by atoms with van der Waals surface area (Å²) in [4.78, 5) is 11.9. The summed E-state index contributed by atoms with van der Waals surface area (Å²) in [5, 5.41) is 6.49. The fourth-order valence-electron chi connectivity index (χ4n) is 2.70. The third-order valence-corrected chi connectivity index (χ3v) is 4.03. The van der Waals surface area contributed by atoms with Crippen molar-refractivity contribution >= 4 is 5.91 Å². The minimum atomic E-state index is 0.0840. The van der Waals surface area contributed by atoms with Crippen LogP contribution in [0.5, 0.6) is 0 Å². The van der Waals surface area contributed by atoms with Crippen molar-refractivity contribution in [3.8, 4) is 0 Å². The lowest BCUT2D eigenvalue weighted by Crippen LogP contribution is -2.43. The number of ether oxygens (including phenoxy) is 1. The van der Waals surface area contributed by atoms with Gasteiger partial charge in [-0.05, 0) is 44.2 Å². The summed E-state index contributed by atoms with van der Waals surface area (Å²) in [5.41, 5.74) is 0. The fraction of sp³-hybridized carbons (Fsp3) is 0.923. The minimum absolute atomic E-state index is 0.0840. The Morgan fingerprint density at radius 2 is 2.35 bits per heavy atom. The zero-order valence-electron chi connectivity index (χ0n) is 10.7. The average Bonchev–Trinajstić information content (AvgIpc) is 2.38. The predicted octanol–water partition coefficient (Wildman–Crippen LogP) is 0.775. The van der Waals surface area contributed by atoms with Gasteiger partial charge < -0.3 is 15.4 Å². The van der Waals surface area contributed by atoms with Crippen LogP contribution in [-0.2, 0) is 9.53 Å². The quantitative estimate of drug-likeness (QED) is 0.766. The Morgan fingerprint density at radius 1 is 1.47 bits per heavy atom. The number of amides is 1. The molecule has 1 amide bonds. The van der Waals surface area contributed by atoms with E-state index in [1.807, 2.05) is 0 Å². The molecular formula is C13H24N2O2. The van der Waals surface area contributed by atoms with Crippen LogP contribution < -0.4 is 10.6 Å². The zero-order chi connectivity index (χ0) is 12.1. The van der Waals surface area contributed by atoms with Gasteiger partial charge in [0, 0.05) is 13.2 Å². The molecule has 0 radical (unpaired) electrons. The van der Waals surface area contributed by atoms with E-state index in [9.17, 15) is 4.79 Å². The first kappa shape index (κ1) is 12.8. The average molecular weight is 240 g/mol. The van der Waals surface area contributed by atoms with Crippen LogP contribution >= 0.6 is 0 Å². The van der Waals surface area contributed by atoms with Gasteiger partial charge in [-0.1, -0.05) is 6.92 Å². The highest BCUT2D eigenvalue weighted by molar-refractivity contribution is 5.78. The van der Waals surface area contributed by atoms with Crippen LogP contribution in [0.2, 0.25) is 0 Å². The highest BCUT2D eigenvalue weighted by Gasteiger charge is 2.25. The highest BCUT2D eigenvalue weighted by Crippen LogP contribution is 2.18.